The number of rotatable bonds is 1. The molecule has 0 saturated carbocycles. The number of aryl methyl sites for hydroxylation is 2. The summed E-state index contributed by atoms with van der Waals surface area (Å²) >= 11 is 3.58. The summed E-state index contributed by atoms with van der Waals surface area (Å²) in [4.78, 5) is 15.3. The molecular formula is C20H20BrNO. The lowest BCUT2D eigenvalue weighted by atomic mass is 9.92. The molecule has 2 aliphatic rings. The van der Waals surface area contributed by atoms with Gasteiger partial charge in [0, 0.05) is 16.1 Å². The van der Waals surface area contributed by atoms with Crippen LogP contribution in [0.25, 0.3) is 0 Å². The Bertz CT molecular complexity index is 798. The van der Waals surface area contributed by atoms with E-state index >= 15 is 0 Å². The van der Waals surface area contributed by atoms with Crippen LogP contribution in [-0.4, -0.2) is 16.8 Å². The topological polar surface area (TPSA) is 20.3 Å². The van der Waals surface area contributed by atoms with E-state index in [0.717, 1.165) is 29.3 Å². The van der Waals surface area contributed by atoms with Gasteiger partial charge >= 0.3 is 0 Å². The maximum absolute atomic E-state index is 13.1. The zero-order valence-corrected chi connectivity index (χ0v) is 15.1. The first-order valence-corrected chi connectivity index (χ1v) is 9.02. The van der Waals surface area contributed by atoms with E-state index in [1.807, 2.05) is 12.1 Å². The molecule has 0 spiro atoms. The average molecular weight is 370 g/mol. The summed E-state index contributed by atoms with van der Waals surface area (Å²) in [6.07, 6.45) is 3.16. The lowest BCUT2D eigenvalue weighted by Gasteiger charge is -2.36. The van der Waals surface area contributed by atoms with Crippen molar-refractivity contribution in [3.63, 3.8) is 0 Å². The molecule has 2 heterocycles. The summed E-state index contributed by atoms with van der Waals surface area (Å²) in [5.41, 5.74) is 5.97. The van der Waals surface area contributed by atoms with Crippen molar-refractivity contribution >= 4 is 21.8 Å². The standard InChI is InChI=1S/C20H20BrNO/c1-12-3-4-15(9-13(12)2)20(23)22-17-7-8-19(22)18-11-16(21)6-5-14(18)10-17/h3-6,9,11,17,19H,7-8,10H2,1-2H3. The molecule has 0 N–H and O–H groups in total. The van der Waals surface area contributed by atoms with Crippen molar-refractivity contribution in [1.82, 2.24) is 4.90 Å². The minimum absolute atomic E-state index is 0.186. The molecule has 4 rings (SSSR count). The Morgan fingerprint density at radius 2 is 1.91 bits per heavy atom. The molecule has 0 radical (unpaired) electrons. The van der Waals surface area contributed by atoms with Crippen LogP contribution in [0.15, 0.2) is 40.9 Å². The van der Waals surface area contributed by atoms with Gasteiger partial charge in [-0.05, 0) is 79.6 Å². The highest BCUT2D eigenvalue weighted by atomic mass is 79.9. The van der Waals surface area contributed by atoms with Crippen LogP contribution in [0.3, 0.4) is 0 Å². The number of amides is 1. The number of halogens is 1. The van der Waals surface area contributed by atoms with Crippen LogP contribution in [0.1, 0.15) is 51.5 Å². The van der Waals surface area contributed by atoms with Crippen molar-refractivity contribution < 1.29 is 4.79 Å². The molecule has 3 heteroatoms. The molecule has 2 unspecified atom stereocenters. The molecule has 2 bridgehead atoms. The van der Waals surface area contributed by atoms with Crippen molar-refractivity contribution in [1.29, 1.82) is 0 Å². The molecule has 2 atom stereocenters. The Labute approximate surface area is 145 Å². The summed E-state index contributed by atoms with van der Waals surface area (Å²) in [7, 11) is 0. The zero-order chi connectivity index (χ0) is 16.1. The average Bonchev–Trinajstić information content (AvgIpc) is 2.86. The second kappa shape index (κ2) is 5.48. The van der Waals surface area contributed by atoms with Crippen molar-refractivity contribution in [2.75, 3.05) is 0 Å². The number of carbonyl (C=O) groups is 1. The Balaban J connectivity index is 1.72. The summed E-state index contributed by atoms with van der Waals surface area (Å²) < 4.78 is 1.10. The van der Waals surface area contributed by atoms with E-state index in [1.54, 1.807) is 0 Å². The maximum atomic E-state index is 13.1. The SMILES string of the molecule is Cc1ccc(C(=O)N2C3CCC2c2cc(Br)ccc2C3)cc1C. The third kappa shape index (κ3) is 2.42. The second-order valence-corrected chi connectivity index (χ2v) is 7.72. The third-order valence-electron chi connectivity index (χ3n) is 5.41. The molecule has 2 aromatic carbocycles. The van der Waals surface area contributed by atoms with Crippen molar-refractivity contribution in [2.24, 2.45) is 0 Å². The maximum Gasteiger partial charge on any atom is 0.254 e. The number of benzene rings is 2. The highest BCUT2D eigenvalue weighted by Gasteiger charge is 2.42. The molecule has 118 valence electrons. The Morgan fingerprint density at radius 3 is 2.70 bits per heavy atom. The van der Waals surface area contributed by atoms with Crippen LogP contribution < -0.4 is 0 Å². The predicted octanol–water partition coefficient (Wildman–Crippen LogP) is 4.97. The minimum atomic E-state index is 0.186. The molecule has 2 aliphatic heterocycles. The highest BCUT2D eigenvalue weighted by molar-refractivity contribution is 9.10. The monoisotopic (exact) mass is 369 g/mol. The van der Waals surface area contributed by atoms with E-state index in [9.17, 15) is 4.79 Å². The van der Waals surface area contributed by atoms with Crippen LogP contribution >= 0.6 is 15.9 Å². The van der Waals surface area contributed by atoms with E-state index in [4.69, 9.17) is 0 Å². The summed E-state index contributed by atoms with van der Waals surface area (Å²) in [5.74, 6) is 0.186. The Morgan fingerprint density at radius 1 is 1.09 bits per heavy atom. The van der Waals surface area contributed by atoms with Gasteiger partial charge in [0.15, 0.2) is 0 Å². The molecule has 0 aliphatic carbocycles. The van der Waals surface area contributed by atoms with E-state index < -0.39 is 0 Å². The van der Waals surface area contributed by atoms with Crippen LogP contribution in [0.4, 0.5) is 0 Å². The first-order valence-electron chi connectivity index (χ1n) is 8.23. The number of hydrogen-bond donors (Lipinski definition) is 0. The van der Waals surface area contributed by atoms with Gasteiger partial charge in [-0.2, -0.15) is 0 Å². The first-order chi connectivity index (χ1) is 11.0. The van der Waals surface area contributed by atoms with E-state index in [-0.39, 0.29) is 11.9 Å². The van der Waals surface area contributed by atoms with Gasteiger partial charge in [-0.15, -0.1) is 0 Å². The second-order valence-electron chi connectivity index (χ2n) is 6.81. The van der Waals surface area contributed by atoms with Crippen molar-refractivity contribution in [3.05, 3.63) is 68.7 Å². The van der Waals surface area contributed by atoms with Crippen molar-refractivity contribution in [2.45, 2.75) is 45.2 Å². The first kappa shape index (κ1) is 14.9. The van der Waals surface area contributed by atoms with Gasteiger partial charge in [0.05, 0.1) is 6.04 Å². The fourth-order valence-corrected chi connectivity index (χ4v) is 4.41. The highest BCUT2D eigenvalue weighted by Crippen LogP contribution is 2.45. The number of fused-ring (bicyclic) bond motifs is 4. The van der Waals surface area contributed by atoms with Gasteiger partial charge in [-0.1, -0.05) is 28.1 Å². The van der Waals surface area contributed by atoms with Crippen LogP contribution in [0, 0.1) is 13.8 Å². The number of carbonyl (C=O) groups excluding carboxylic acids is 1. The van der Waals surface area contributed by atoms with Gasteiger partial charge in [-0.3, -0.25) is 4.79 Å². The quantitative estimate of drug-likeness (QED) is 0.694. The van der Waals surface area contributed by atoms with Crippen LogP contribution in [0.5, 0.6) is 0 Å². The van der Waals surface area contributed by atoms with E-state index in [1.165, 1.54) is 22.3 Å². The Hall–Kier alpha value is -1.61. The molecule has 1 fully saturated rings. The molecule has 2 aromatic rings. The lowest BCUT2D eigenvalue weighted by Crippen LogP contribution is -2.41. The largest absolute Gasteiger partial charge is 0.328 e. The fourth-order valence-electron chi connectivity index (χ4n) is 4.04. The minimum Gasteiger partial charge on any atom is -0.328 e. The molecule has 0 aromatic heterocycles. The molecule has 2 nitrogen and oxygen atoms in total. The smallest absolute Gasteiger partial charge is 0.254 e. The molecule has 23 heavy (non-hydrogen) atoms. The third-order valence-corrected chi connectivity index (χ3v) is 5.91. The molecule has 1 saturated heterocycles. The van der Waals surface area contributed by atoms with Gasteiger partial charge < -0.3 is 4.90 Å². The summed E-state index contributed by atoms with van der Waals surface area (Å²) in [5, 5.41) is 0. The van der Waals surface area contributed by atoms with E-state index in [0.29, 0.717) is 6.04 Å². The van der Waals surface area contributed by atoms with Gasteiger partial charge in [0.2, 0.25) is 0 Å². The van der Waals surface area contributed by atoms with E-state index in [2.05, 4.69) is 58.9 Å². The van der Waals surface area contributed by atoms with Gasteiger partial charge in [0.25, 0.3) is 5.91 Å². The van der Waals surface area contributed by atoms with Crippen molar-refractivity contribution in [3.8, 4) is 0 Å². The summed E-state index contributed by atoms with van der Waals surface area (Å²) in [6.45, 7) is 4.16. The predicted molar refractivity (Wildman–Crippen MR) is 95.7 cm³/mol. The fraction of sp³-hybridized carbons (Fsp3) is 0.350. The van der Waals surface area contributed by atoms with Crippen LogP contribution in [0.2, 0.25) is 0 Å². The molecular weight excluding hydrogens is 350 g/mol. The Kier molecular flexibility index (Phi) is 3.56. The zero-order valence-electron chi connectivity index (χ0n) is 13.5. The van der Waals surface area contributed by atoms with Gasteiger partial charge in [0.1, 0.15) is 0 Å². The van der Waals surface area contributed by atoms with Crippen LogP contribution in [-0.2, 0) is 6.42 Å². The lowest BCUT2D eigenvalue weighted by molar-refractivity contribution is 0.0646. The molecule has 1 amide bonds. The van der Waals surface area contributed by atoms with Gasteiger partial charge in [-0.25, -0.2) is 0 Å². The normalized spacial score (nSPS) is 22.1. The number of hydrogen-bond acceptors (Lipinski definition) is 1. The number of nitrogens with zero attached hydrogens (tertiary/aromatic N) is 1. The summed E-state index contributed by atoms with van der Waals surface area (Å²) in [6, 6.07) is 13.2.